The molecule has 0 radical (unpaired) electrons. The first-order chi connectivity index (χ1) is 13.3. The molecule has 1 fully saturated rings. The Kier molecular flexibility index (Phi) is 5.48. The average molecular weight is 387 g/mol. The lowest BCUT2D eigenvalue weighted by molar-refractivity contribution is 0.0531. The summed E-state index contributed by atoms with van der Waals surface area (Å²) >= 11 is 0. The monoisotopic (exact) mass is 387 g/mol. The molecule has 0 saturated carbocycles. The molecule has 0 unspecified atom stereocenters. The maximum Gasteiger partial charge on any atom is 0.339 e. The Labute approximate surface area is 162 Å². The van der Waals surface area contributed by atoms with Crippen molar-refractivity contribution in [3.05, 3.63) is 58.2 Å². The molecule has 0 atom stereocenters. The lowest BCUT2D eigenvalue weighted by Crippen LogP contribution is -2.50. The number of carbonyl (C=O) groups is 3. The lowest BCUT2D eigenvalue weighted by Gasteiger charge is -2.34. The molecule has 8 heteroatoms. The molecule has 1 aliphatic rings. The number of carbonyl (C=O) groups excluding carboxylic acids is 3. The second-order valence-corrected chi connectivity index (χ2v) is 6.71. The number of benzene rings is 1. The highest BCUT2D eigenvalue weighted by molar-refractivity contribution is 6.00. The summed E-state index contributed by atoms with van der Waals surface area (Å²) in [5.74, 6) is -1.44. The van der Waals surface area contributed by atoms with Gasteiger partial charge in [0.05, 0.1) is 12.7 Å². The summed E-state index contributed by atoms with van der Waals surface area (Å²) in [5.41, 5.74) is 2.13. The Hall–Kier alpha value is -3.16. The van der Waals surface area contributed by atoms with Crippen LogP contribution < -0.4 is 0 Å². The van der Waals surface area contributed by atoms with Crippen LogP contribution in [0.3, 0.4) is 0 Å². The SMILES string of the molecule is COC(=O)c1c(C)[nH]c(C(=O)N2CCN(C(=O)c3cccc(F)c3)CC2)c1C. The van der Waals surface area contributed by atoms with Crippen LogP contribution in [-0.4, -0.2) is 65.9 Å². The van der Waals surface area contributed by atoms with Gasteiger partial charge in [0.25, 0.3) is 11.8 Å². The van der Waals surface area contributed by atoms with Gasteiger partial charge in [-0.05, 0) is 37.6 Å². The smallest absolute Gasteiger partial charge is 0.339 e. The van der Waals surface area contributed by atoms with Crippen LogP contribution in [0.4, 0.5) is 4.39 Å². The van der Waals surface area contributed by atoms with E-state index >= 15 is 0 Å². The van der Waals surface area contributed by atoms with Crippen molar-refractivity contribution >= 4 is 17.8 Å². The summed E-state index contributed by atoms with van der Waals surface area (Å²) in [6.07, 6.45) is 0. The number of aromatic nitrogens is 1. The van der Waals surface area contributed by atoms with Crippen molar-refractivity contribution in [2.24, 2.45) is 0 Å². The van der Waals surface area contributed by atoms with E-state index in [1.807, 2.05) is 0 Å². The fraction of sp³-hybridized carbons (Fsp3) is 0.350. The third kappa shape index (κ3) is 3.62. The fourth-order valence-electron chi connectivity index (χ4n) is 3.45. The summed E-state index contributed by atoms with van der Waals surface area (Å²) in [4.78, 5) is 43.5. The second-order valence-electron chi connectivity index (χ2n) is 6.71. The molecule has 3 rings (SSSR count). The molecule has 1 aromatic carbocycles. The number of amides is 2. The molecule has 2 aromatic rings. The van der Waals surface area contributed by atoms with Gasteiger partial charge in [0.1, 0.15) is 11.5 Å². The van der Waals surface area contributed by atoms with Gasteiger partial charge in [0, 0.05) is 37.4 Å². The maximum atomic E-state index is 13.3. The number of piperazine rings is 1. The summed E-state index contributed by atoms with van der Waals surface area (Å²) in [7, 11) is 1.30. The van der Waals surface area contributed by atoms with E-state index in [-0.39, 0.29) is 11.8 Å². The van der Waals surface area contributed by atoms with Crippen LogP contribution in [0.2, 0.25) is 0 Å². The van der Waals surface area contributed by atoms with Crippen LogP contribution in [0, 0.1) is 19.7 Å². The van der Waals surface area contributed by atoms with Crippen molar-refractivity contribution in [2.75, 3.05) is 33.3 Å². The minimum atomic E-state index is -0.490. The fourth-order valence-corrected chi connectivity index (χ4v) is 3.45. The minimum absolute atomic E-state index is 0.228. The van der Waals surface area contributed by atoms with Gasteiger partial charge >= 0.3 is 5.97 Å². The third-order valence-electron chi connectivity index (χ3n) is 4.97. The average Bonchev–Trinajstić information content (AvgIpc) is 3.00. The highest BCUT2D eigenvalue weighted by Gasteiger charge is 2.29. The first-order valence-corrected chi connectivity index (χ1v) is 8.95. The molecular weight excluding hydrogens is 365 g/mol. The van der Waals surface area contributed by atoms with E-state index in [9.17, 15) is 18.8 Å². The Morgan fingerprint density at radius 2 is 1.64 bits per heavy atom. The van der Waals surface area contributed by atoms with Gasteiger partial charge in [-0.2, -0.15) is 0 Å². The highest BCUT2D eigenvalue weighted by Crippen LogP contribution is 2.21. The van der Waals surface area contributed by atoms with Crippen LogP contribution in [0.1, 0.15) is 42.5 Å². The topological polar surface area (TPSA) is 82.7 Å². The van der Waals surface area contributed by atoms with Gasteiger partial charge in [0.2, 0.25) is 0 Å². The molecule has 0 aliphatic carbocycles. The van der Waals surface area contributed by atoms with E-state index in [1.165, 1.54) is 25.3 Å². The standard InChI is InChI=1S/C20H22FN3O4/c1-12-16(20(27)28-3)13(2)22-17(12)19(26)24-9-7-23(8-10-24)18(25)14-5-4-6-15(21)11-14/h4-6,11,22H,7-10H2,1-3H3. The number of methoxy groups -OCH3 is 1. The summed E-state index contributed by atoms with van der Waals surface area (Å²) < 4.78 is 18.1. The minimum Gasteiger partial charge on any atom is -0.465 e. The van der Waals surface area contributed by atoms with E-state index < -0.39 is 11.8 Å². The van der Waals surface area contributed by atoms with Crippen LogP contribution in [0.25, 0.3) is 0 Å². The molecule has 1 aliphatic heterocycles. The zero-order valence-corrected chi connectivity index (χ0v) is 16.0. The van der Waals surface area contributed by atoms with Gasteiger partial charge in [-0.15, -0.1) is 0 Å². The van der Waals surface area contributed by atoms with Gasteiger partial charge in [-0.3, -0.25) is 9.59 Å². The summed E-state index contributed by atoms with van der Waals surface area (Å²) in [5, 5.41) is 0. The Morgan fingerprint density at radius 1 is 1.04 bits per heavy atom. The van der Waals surface area contributed by atoms with Gasteiger partial charge in [0.15, 0.2) is 0 Å². The molecule has 0 spiro atoms. The number of aryl methyl sites for hydroxylation is 1. The van der Waals surface area contributed by atoms with Crippen molar-refractivity contribution in [1.29, 1.82) is 0 Å². The molecule has 148 valence electrons. The van der Waals surface area contributed by atoms with E-state index in [4.69, 9.17) is 4.74 Å². The number of ether oxygens (including phenoxy) is 1. The van der Waals surface area contributed by atoms with Crippen molar-refractivity contribution in [3.63, 3.8) is 0 Å². The Balaban J connectivity index is 1.69. The number of hydrogen-bond donors (Lipinski definition) is 1. The largest absolute Gasteiger partial charge is 0.465 e. The van der Waals surface area contributed by atoms with Crippen LogP contribution >= 0.6 is 0 Å². The number of H-pyrrole nitrogens is 1. The number of nitrogens with one attached hydrogen (secondary N) is 1. The molecule has 0 bridgehead atoms. The number of hydrogen-bond acceptors (Lipinski definition) is 4. The first-order valence-electron chi connectivity index (χ1n) is 8.95. The quantitative estimate of drug-likeness (QED) is 0.818. The van der Waals surface area contributed by atoms with E-state index in [1.54, 1.807) is 29.7 Å². The lowest BCUT2D eigenvalue weighted by atomic mass is 10.1. The Morgan fingerprint density at radius 3 is 2.21 bits per heavy atom. The number of aromatic amines is 1. The molecule has 1 aromatic heterocycles. The predicted molar refractivity (Wildman–Crippen MR) is 99.8 cm³/mol. The summed E-state index contributed by atoms with van der Waals surface area (Å²) in [6.45, 7) is 4.82. The molecular formula is C20H22FN3O4. The van der Waals surface area contributed by atoms with E-state index in [0.717, 1.165) is 0 Å². The molecule has 1 saturated heterocycles. The van der Waals surface area contributed by atoms with Crippen LogP contribution in [-0.2, 0) is 4.74 Å². The van der Waals surface area contributed by atoms with E-state index in [2.05, 4.69) is 4.98 Å². The van der Waals surface area contributed by atoms with Crippen molar-refractivity contribution in [1.82, 2.24) is 14.8 Å². The molecule has 2 heterocycles. The highest BCUT2D eigenvalue weighted by atomic mass is 19.1. The second kappa shape index (κ2) is 7.84. The molecule has 2 amide bonds. The number of rotatable bonds is 3. The third-order valence-corrected chi connectivity index (χ3v) is 4.97. The van der Waals surface area contributed by atoms with Crippen molar-refractivity contribution in [3.8, 4) is 0 Å². The van der Waals surface area contributed by atoms with E-state index in [0.29, 0.717) is 54.3 Å². The molecule has 28 heavy (non-hydrogen) atoms. The zero-order valence-electron chi connectivity index (χ0n) is 16.0. The predicted octanol–water partition coefficient (Wildman–Crippen LogP) is 2.16. The zero-order chi connectivity index (χ0) is 20.4. The van der Waals surface area contributed by atoms with Gasteiger partial charge < -0.3 is 19.5 Å². The number of halogens is 1. The number of esters is 1. The van der Waals surface area contributed by atoms with Crippen molar-refractivity contribution < 1.29 is 23.5 Å². The first kappa shape index (κ1) is 19.6. The molecule has 1 N–H and O–H groups in total. The Bertz CT molecular complexity index is 930. The van der Waals surface area contributed by atoms with Crippen LogP contribution in [0.5, 0.6) is 0 Å². The number of nitrogens with zero attached hydrogens (tertiary/aromatic N) is 2. The summed E-state index contributed by atoms with van der Waals surface area (Å²) in [6, 6.07) is 5.57. The maximum absolute atomic E-state index is 13.3. The van der Waals surface area contributed by atoms with Crippen molar-refractivity contribution in [2.45, 2.75) is 13.8 Å². The van der Waals surface area contributed by atoms with Gasteiger partial charge in [-0.25, -0.2) is 9.18 Å². The van der Waals surface area contributed by atoms with Gasteiger partial charge in [-0.1, -0.05) is 6.07 Å². The molecule has 7 nitrogen and oxygen atoms in total. The van der Waals surface area contributed by atoms with Crippen LogP contribution in [0.15, 0.2) is 24.3 Å². The normalized spacial score (nSPS) is 14.1.